The van der Waals surface area contributed by atoms with E-state index in [-0.39, 0.29) is 12.0 Å². The summed E-state index contributed by atoms with van der Waals surface area (Å²) in [6.07, 6.45) is 6.14. The molecule has 2 fully saturated rings. The Morgan fingerprint density at radius 3 is 3.00 bits per heavy atom. The summed E-state index contributed by atoms with van der Waals surface area (Å²) in [5.74, 6) is 0.859. The zero-order valence-corrected chi connectivity index (χ0v) is 12.2. The zero-order valence-electron chi connectivity index (χ0n) is 12.2. The first-order valence-electron chi connectivity index (χ1n) is 7.83. The van der Waals surface area contributed by atoms with E-state index < -0.39 is 0 Å². The SMILES string of the molecule is CCCC1(C(=O)N2CCCC(CCO)C2)CCNC1. The van der Waals surface area contributed by atoms with Gasteiger partial charge in [-0.05, 0) is 44.6 Å². The largest absolute Gasteiger partial charge is 0.396 e. The van der Waals surface area contributed by atoms with E-state index in [1.165, 1.54) is 0 Å². The maximum Gasteiger partial charge on any atom is 0.230 e. The number of aliphatic hydroxyl groups excluding tert-OH is 1. The van der Waals surface area contributed by atoms with Crippen LogP contribution in [0.4, 0.5) is 0 Å². The number of likely N-dealkylation sites (tertiary alicyclic amines) is 1. The molecule has 2 aliphatic rings. The summed E-state index contributed by atoms with van der Waals surface area (Å²) in [5, 5.41) is 12.4. The van der Waals surface area contributed by atoms with E-state index in [4.69, 9.17) is 5.11 Å². The molecule has 0 aliphatic carbocycles. The van der Waals surface area contributed by atoms with Gasteiger partial charge in [0.05, 0.1) is 5.41 Å². The molecule has 0 aromatic heterocycles. The second-order valence-corrected chi connectivity index (χ2v) is 6.23. The normalized spacial score (nSPS) is 31.7. The van der Waals surface area contributed by atoms with Crippen molar-refractivity contribution >= 4 is 5.91 Å². The van der Waals surface area contributed by atoms with Gasteiger partial charge in [-0.3, -0.25) is 4.79 Å². The highest BCUT2D eigenvalue weighted by Gasteiger charge is 2.43. The highest BCUT2D eigenvalue weighted by Crippen LogP contribution is 2.35. The Hall–Kier alpha value is -0.610. The van der Waals surface area contributed by atoms with E-state index in [2.05, 4.69) is 17.1 Å². The van der Waals surface area contributed by atoms with Crippen molar-refractivity contribution in [1.29, 1.82) is 0 Å². The van der Waals surface area contributed by atoms with E-state index >= 15 is 0 Å². The van der Waals surface area contributed by atoms with Gasteiger partial charge in [-0.2, -0.15) is 0 Å². The van der Waals surface area contributed by atoms with Crippen LogP contribution in [0.5, 0.6) is 0 Å². The van der Waals surface area contributed by atoms with Gasteiger partial charge in [0, 0.05) is 26.2 Å². The van der Waals surface area contributed by atoms with Crippen molar-refractivity contribution in [2.75, 3.05) is 32.8 Å². The molecule has 110 valence electrons. The molecule has 2 atom stereocenters. The molecule has 1 amide bonds. The molecule has 4 heteroatoms. The summed E-state index contributed by atoms with van der Waals surface area (Å²) in [5.41, 5.74) is -0.143. The van der Waals surface area contributed by atoms with Crippen LogP contribution < -0.4 is 5.32 Å². The highest BCUT2D eigenvalue weighted by atomic mass is 16.3. The minimum absolute atomic E-state index is 0.143. The Balaban J connectivity index is 2.00. The lowest BCUT2D eigenvalue weighted by Gasteiger charge is -2.38. The lowest BCUT2D eigenvalue weighted by atomic mass is 9.80. The van der Waals surface area contributed by atoms with Gasteiger partial charge in [-0.15, -0.1) is 0 Å². The molecule has 4 nitrogen and oxygen atoms in total. The number of hydrogen-bond acceptors (Lipinski definition) is 3. The average Bonchev–Trinajstić information content (AvgIpc) is 2.89. The Kier molecular flexibility index (Phi) is 5.22. The Labute approximate surface area is 116 Å². The molecule has 0 spiro atoms. The third-order valence-electron chi connectivity index (χ3n) is 4.77. The molecular formula is C15H28N2O2. The number of rotatable bonds is 5. The van der Waals surface area contributed by atoms with Crippen molar-refractivity contribution in [2.45, 2.75) is 45.4 Å². The zero-order chi connectivity index (χ0) is 13.7. The minimum atomic E-state index is -0.143. The third-order valence-corrected chi connectivity index (χ3v) is 4.77. The minimum Gasteiger partial charge on any atom is -0.396 e. The van der Waals surface area contributed by atoms with Gasteiger partial charge in [0.15, 0.2) is 0 Å². The first kappa shape index (κ1) is 14.8. The second kappa shape index (κ2) is 6.71. The van der Waals surface area contributed by atoms with E-state index in [1.807, 2.05) is 0 Å². The Morgan fingerprint density at radius 2 is 2.37 bits per heavy atom. The van der Waals surface area contributed by atoms with Crippen LogP contribution >= 0.6 is 0 Å². The van der Waals surface area contributed by atoms with Crippen LogP contribution in [0, 0.1) is 11.3 Å². The number of carbonyl (C=O) groups is 1. The fourth-order valence-electron chi connectivity index (χ4n) is 3.73. The molecule has 2 saturated heterocycles. The molecule has 0 radical (unpaired) electrons. The number of hydrogen-bond donors (Lipinski definition) is 2. The van der Waals surface area contributed by atoms with Crippen molar-refractivity contribution < 1.29 is 9.90 Å². The summed E-state index contributed by atoms with van der Waals surface area (Å²) in [4.78, 5) is 15.0. The number of carbonyl (C=O) groups excluding carboxylic acids is 1. The predicted molar refractivity (Wildman–Crippen MR) is 75.8 cm³/mol. The predicted octanol–water partition coefficient (Wildman–Crippen LogP) is 1.39. The van der Waals surface area contributed by atoms with Crippen molar-refractivity contribution in [3.63, 3.8) is 0 Å². The molecule has 0 bridgehead atoms. The monoisotopic (exact) mass is 268 g/mol. The average molecular weight is 268 g/mol. The molecule has 2 aliphatic heterocycles. The lowest BCUT2D eigenvalue weighted by molar-refractivity contribution is -0.143. The summed E-state index contributed by atoms with van der Waals surface area (Å²) < 4.78 is 0. The van der Waals surface area contributed by atoms with Gasteiger partial charge in [0.2, 0.25) is 5.91 Å². The van der Waals surface area contributed by atoms with Crippen LogP contribution in [0.1, 0.15) is 45.4 Å². The quantitative estimate of drug-likeness (QED) is 0.792. The van der Waals surface area contributed by atoms with Crippen LogP contribution in [0.25, 0.3) is 0 Å². The Morgan fingerprint density at radius 1 is 1.53 bits per heavy atom. The van der Waals surface area contributed by atoms with Crippen LogP contribution in [0.2, 0.25) is 0 Å². The number of aliphatic hydroxyl groups is 1. The summed E-state index contributed by atoms with van der Waals surface area (Å²) in [6.45, 7) is 5.99. The lowest BCUT2D eigenvalue weighted by Crippen LogP contribution is -2.49. The van der Waals surface area contributed by atoms with Gasteiger partial charge >= 0.3 is 0 Å². The van der Waals surface area contributed by atoms with Gasteiger partial charge in [-0.25, -0.2) is 0 Å². The molecule has 0 saturated carbocycles. The first-order chi connectivity index (χ1) is 9.22. The van der Waals surface area contributed by atoms with Gasteiger partial charge in [-0.1, -0.05) is 13.3 Å². The van der Waals surface area contributed by atoms with Crippen LogP contribution in [0.15, 0.2) is 0 Å². The van der Waals surface area contributed by atoms with Crippen LogP contribution in [-0.2, 0) is 4.79 Å². The molecule has 0 aromatic rings. The topological polar surface area (TPSA) is 52.6 Å². The van der Waals surface area contributed by atoms with E-state index in [0.717, 1.165) is 64.7 Å². The number of nitrogens with one attached hydrogen (secondary N) is 1. The number of piperidine rings is 1. The van der Waals surface area contributed by atoms with E-state index in [0.29, 0.717) is 11.8 Å². The summed E-state index contributed by atoms with van der Waals surface area (Å²) in [7, 11) is 0. The molecule has 0 aromatic carbocycles. The maximum atomic E-state index is 12.9. The van der Waals surface area contributed by atoms with Crippen molar-refractivity contribution in [3.8, 4) is 0 Å². The fourth-order valence-corrected chi connectivity index (χ4v) is 3.73. The van der Waals surface area contributed by atoms with Gasteiger partial charge in [0.25, 0.3) is 0 Å². The van der Waals surface area contributed by atoms with Gasteiger partial charge in [0.1, 0.15) is 0 Å². The highest BCUT2D eigenvalue weighted by molar-refractivity contribution is 5.83. The number of amides is 1. The summed E-state index contributed by atoms with van der Waals surface area (Å²) >= 11 is 0. The second-order valence-electron chi connectivity index (χ2n) is 6.23. The molecule has 2 rings (SSSR count). The molecule has 2 unspecified atom stereocenters. The molecule has 2 heterocycles. The standard InChI is InChI=1S/C15H28N2O2/c1-2-6-15(7-8-16-12-15)14(19)17-9-3-4-13(11-17)5-10-18/h13,16,18H,2-12H2,1H3. The van der Waals surface area contributed by atoms with E-state index in [9.17, 15) is 4.79 Å². The molecule has 2 N–H and O–H groups in total. The van der Waals surface area contributed by atoms with E-state index in [1.54, 1.807) is 0 Å². The van der Waals surface area contributed by atoms with Crippen molar-refractivity contribution in [1.82, 2.24) is 10.2 Å². The molecular weight excluding hydrogens is 240 g/mol. The Bertz CT molecular complexity index is 299. The fraction of sp³-hybridized carbons (Fsp3) is 0.933. The van der Waals surface area contributed by atoms with Crippen LogP contribution in [-0.4, -0.2) is 48.7 Å². The summed E-state index contributed by atoms with van der Waals surface area (Å²) in [6, 6.07) is 0. The number of nitrogens with zero attached hydrogens (tertiary/aromatic N) is 1. The van der Waals surface area contributed by atoms with Crippen LogP contribution in [0.3, 0.4) is 0 Å². The molecule has 19 heavy (non-hydrogen) atoms. The third kappa shape index (κ3) is 3.29. The smallest absolute Gasteiger partial charge is 0.230 e. The van der Waals surface area contributed by atoms with Crippen molar-refractivity contribution in [2.24, 2.45) is 11.3 Å². The first-order valence-corrected chi connectivity index (χ1v) is 7.83. The van der Waals surface area contributed by atoms with Gasteiger partial charge < -0.3 is 15.3 Å². The van der Waals surface area contributed by atoms with Crippen molar-refractivity contribution in [3.05, 3.63) is 0 Å². The maximum absolute atomic E-state index is 12.9.